The molecule has 1 N–H and O–H groups in total. The number of benzene rings is 2. The van der Waals surface area contributed by atoms with Crippen LogP contribution in [-0.2, 0) is 0 Å². The Morgan fingerprint density at radius 2 is 1.71 bits per heavy atom. The highest BCUT2D eigenvalue weighted by molar-refractivity contribution is 9.10. The number of nitrogens with one attached hydrogen (secondary N) is 1. The minimum absolute atomic E-state index is 0.675. The van der Waals surface area contributed by atoms with Crippen LogP contribution < -0.4 is 5.32 Å². The van der Waals surface area contributed by atoms with Crippen LogP contribution in [0, 0.1) is 0 Å². The van der Waals surface area contributed by atoms with Crippen molar-refractivity contribution in [3.05, 3.63) is 63.6 Å². The van der Waals surface area contributed by atoms with Gasteiger partial charge in [0.15, 0.2) is 0 Å². The molecule has 0 fully saturated rings. The average Bonchev–Trinajstić information content (AvgIpc) is 2.33. The van der Waals surface area contributed by atoms with E-state index in [1.54, 1.807) is 0 Å². The molecule has 2 aromatic carbocycles. The summed E-state index contributed by atoms with van der Waals surface area (Å²) in [4.78, 5) is 0.675. The van der Waals surface area contributed by atoms with E-state index >= 15 is 0 Å². The van der Waals surface area contributed by atoms with Crippen molar-refractivity contribution in [2.24, 2.45) is 0 Å². The van der Waals surface area contributed by atoms with Gasteiger partial charge in [0.05, 0.1) is 5.69 Å². The zero-order valence-electron chi connectivity index (χ0n) is 8.78. The molecule has 2 rings (SSSR count). The highest BCUT2D eigenvalue weighted by Gasteiger charge is 2.03. The predicted molar refractivity (Wildman–Crippen MR) is 80.9 cm³/mol. The molecule has 0 bridgehead atoms. The number of anilines is 1. The highest BCUT2D eigenvalue weighted by Crippen LogP contribution is 2.22. The van der Waals surface area contributed by atoms with Gasteiger partial charge in [-0.05, 0) is 40.2 Å². The van der Waals surface area contributed by atoms with Gasteiger partial charge in [0.1, 0.15) is 4.99 Å². The van der Waals surface area contributed by atoms with Crippen molar-refractivity contribution >= 4 is 50.4 Å². The van der Waals surface area contributed by atoms with Crippen molar-refractivity contribution < 1.29 is 0 Å². The van der Waals surface area contributed by atoms with E-state index < -0.39 is 0 Å². The van der Waals surface area contributed by atoms with Gasteiger partial charge < -0.3 is 5.32 Å². The number of rotatable bonds is 2. The fourth-order valence-electron chi connectivity index (χ4n) is 1.36. The summed E-state index contributed by atoms with van der Waals surface area (Å²) in [5.74, 6) is 0. The van der Waals surface area contributed by atoms with Gasteiger partial charge in [-0.2, -0.15) is 0 Å². The van der Waals surface area contributed by atoms with Gasteiger partial charge in [-0.25, -0.2) is 0 Å². The molecule has 0 amide bonds. The largest absolute Gasteiger partial charge is 0.345 e. The van der Waals surface area contributed by atoms with Gasteiger partial charge in [0.25, 0.3) is 0 Å². The van der Waals surface area contributed by atoms with Crippen LogP contribution in [0.3, 0.4) is 0 Å². The molecule has 0 saturated heterocycles. The smallest absolute Gasteiger partial charge is 0.111 e. The second kappa shape index (κ2) is 5.63. The predicted octanol–water partition coefficient (Wildman–Crippen LogP) is 4.89. The van der Waals surface area contributed by atoms with Crippen molar-refractivity contribution in [2.75, 3.05) is 5.32 Å². The summed E-state index contributed by atoms with van der Waals surface area (Å²) < 4.78 is 0.983. The zero-order chi connectivity index (χ0) is 12.3. The van der Waals surface area contributed by atoms with Crippen LogP contribution in [0.5, 0.6) is 0 Å². The van der Waals surface area contributed by atoms with E-state index in [4.69, 9.17) is 23.8 Å². The van der Waals surface area contributed by atoms with Crippen LogP contribution in [0.15, 0.2) is 53.0 Å². The van der Waals surface area contributed by atoms with Crippen molar-refractivity contribution in [2.45, 2.75) is 0 Å². The number of thiocarbonyl (C=S) groups is 1. The summed E-state index contributed by atoms with van der Waals surface area (Å²) in [7, 11) is 0. The third kappa shape index (κ3) is 3.28. The molecular formula is C13H9BrClNS. The summed E-state index contributed by atoms with van der Waals surface area (Å²) >= 11 is 14.6. The summed E-state index contributed by atoms with van der Waals surface area (Å²) in [6.45, 7) is 0. The lowest BCUT2D eigenvalue weighted by Gasteiger charge is -2.09. The van der Waals surface area contributed by atoms with E-state index in [1.165, 1.54) is 0 Å². The average molecular weight is 327 g/mol. The van der Waals surface area contributed by atoms with Crippen LogP contribution in [0.1, 0.15) is 5.56 Å². The zero-order valence-corrected chi connectivity index (χ0v) is 11.9. The molecule has 4 heteroatoms. The molecule has 0 aromatic heterocycles. The summed E-state index contributed by atoms with van der Waals surface area (Å²) in [6, 6.07) is 15.3. The van der Waals surface area contributed by atoms with Gasteiger partial charge in [-0.3, -0.25) is 0 Å². The Hall–Kier alpha value is -0.900. The Labute approximate surface area is 119 Å². The fourth-order valence-corrected chi connectivity index (χ4v) is 2.11. The van der Waals surface area contributed by atoms with Gasteiger partial charge in [0.2, 0.25) is 0 Å². The molecule has 86 valence electrons. The molecule has 0 heterocycles. The second-order valence-electron chi connectivity index (χ2n) is 3.44. The number of para-hydroxylation sites is 1. The Morgan fingerprint density at radius 3 is 2.35 bits per heavy atom. The first kappa shape index (κ1) is 12.6. The maximum absolute atomic E-state index is 5.83. The summed E-state index contributed by atoms with van der Waals surface area (Å²) in [5, 5.41) is 3.89. The number of halogens is 2. The van der Waals surface area contributed by atoms with Crippen LogP contribution in [0.25, 0.3) is 0 Å². The van der Waals surface area contributed by atoms with Gasteiger partial charge in [0, 0.05) is 15.1 Å². The van der Waals surface area contributed by atoms with Crippen LogP contribution in [0.2, 0.25) is 5.02 Å². The van der Waals surface area contributed by atoms with E-state index in [1.807, 2.05) is 48.5 Å². The third-order valence-corrected chi connectivity index (χ3v) is 3.51. The highest BCUT2D eigenvalue weighted by atomic mass is 79.9. The molecule has 2 aromatic rings. The lowest BCUT2D eigenvalue weighted by molar-refractivity contribution is 1.58. The number of hydrogen-bond acceptors (Lipinski definition) is 1. The first-order valence-corrected chi connectivity index (χ1v) is 6.56. The molecule has 0 saturated carbocycles. The lowest BCUT2D eigenvalue weighted by Crippen LogP contribution is -2.10. The van der Waals surface area contributed by atoms with Crippen molar-refractivity contribution in [3.8, 4) is 0 Å². The maximum Gasteiger partial charge on any atom is 0.111 e. The van der Waals surface area contributed by atoms with E-state index in [0.29, 0.717) is 10.0 Å². The first-order chi connectivity index (χ1) is 8.16. The Morgan fingerprint density at radius 1 is 1.06 bits per heavy atom. The monoisotopic (exact) mass is 325 g/mol. The molecule has 0 radical (unpaired) electrons. The molecule has 0 aliphatic rings. The quantitative estimate of drug-likeness (QED) is 0.789. The maximum atomic E-state index is 5.83. The third-order valence-electron chi connectivity index (χ3n) is 2.23. The van der Waals surface area contributed by atoms with Gasteiger partial charge in [-0.15, -0.1) is 0 Å². The standard InChI is InChI=1S/C13H9BrClNS/c14-11-3-1-2-4-12(11)16-13(17)9-5-7-10(15)8-6-9/h1-8H,(H,16,17). The minimum Gasteiger partial charge on any atom is -0.345 e. The number of hydrogen-bond donors (Lipinski definition) is 1. The molecule has 0 spiro atoms. The summed E-state index contributed by atoms with van der Waals surface area (Å²) in [6.07, 6.45) is 0. The molecule has 0 aliphatic heterocycles. The SMILES string of the molecule is S=C(Nc1ccccc1Br)c1ccc(Cl)cc1. The molecule has 0 unspecified atom stereocenters. The molecular weight excluding hydrogens is 318 g/mol. The van der Waals surface area contributed by atoms with Crippen LogP contribution in [0.4, 0.5) is 5.69 Å². The minimum atomic E-state index is 0.675. The topological polar surface area (TPSA) is 12.0 Å². The second-order valence-corrected chi connectivity index (χ2v) is 5.14. The van der Waals surface area contributed by atoms with Crippen molar-refractivity contribution in [1.82, 2.24) is 0 Å². The summed E-state index contributed by atoms with van der Waals surface area (Å²) in [5.41, 5.74) is 1.90. The van der Waals surface area contributed by atoms with E-state index in [0.717, 1.165) is 15.7 Å². The molecule has 1 nitrogen and oxygen atoms in total. The van der Waals surface area contributed by atoms with Gasteiger partial charge in [-0.1, -0.05) is 48.1 Å². The molecule has 17 heavy (non-hydrogen) atoms. The van der Waals surface area contributed by atoms with Crippen LogP contribution >= 0.6 is 39.7 Å². The first-order valence-electron chi connectivity index (χ1n) is 4.98. The fraction of sp³-hybridized carbons (Fsp3) is 0. The van der Waals surface area contributed by atoms with Crippen molar-refractivity contribution in [3.63, 3.8) is 0 Å². The van der Waals surface area contributed by atoms with E-state index in [9.17, 15) is 0 Å². The van der Waals surface area contributed by atoms with E-state index in [-0.39, 0.29) is 0 Å². The Balaban J connectivity index is 2.17. The lowest BCUT2D eigenvalue weighted by atomic mass is 10.2. The van der Waals surface area contributed by atoms with E-state index in [2.05, 4.69) is 21.2 Å². The van der Waals surface area contributed by atoms with Crippen molar-refractivity contribution in [1.29, 1.82) is 0 Å². The van der Waals surface area contributed by atoms with Gasteiger partial charge >= 0.3 is 0 Å². The normalized spacial score (nSPS) is 10.0. The Kier molecular flexibility index (Phi) is 4.15. The molecule has 0 atom stereocenters. The molecule has 0 aliphatic carbocycles. The van der Waals surface area contributed by atoms with Crippen LogP contribution in [-0.4, -0.2) is 4.99 Å². The Bertz CT molecular complexity index is 539.